The number of nitrogens with one attached hydrogen (secondary N) is 1. The van der Waals surface area contributed by atoms with Gasteiger partial charge in [-0.3, -0.25) is 4.99 Å². The Labute approximate surface area is 115 Å². The number of para-hydroxylation sites is 2. The van der Waals surface area contributed by atoms with Crippen molar-refractivity contribution in [3.63, 3.8) is 0 Å². The second kappa shape index (κ2) is 5.01. The van der Waals surface area contributed by atoms with Gasteiger partial charge in [0.2, 0.25) is 0 Å². The second-order valence-corrected chi connectivity index (χ2v) is 4.39. The fourth-order valence-electron chi connectivity index (χ4n) is 2.06. The lowest BCUT2D eigenvalue weighted by Crippen LogP contribution is -1.95. The molecule has 0 saturated carbocycles. The van der Waals surface area contributed by atoms with Crippen LogP contribution in [0.5, 0.6) is 0 Å². The molecule has 2 N–H and O–H groups in total. The molecule has 0 amide bonds. The van der Waals surface area contributed by atoms with E-state index in [2.05, 4.69) is 9.98 Å². The van der Waals surface area contributed by atoms with Crippen LogP contribution in [0.4, 0.5) is 5.69 Å². The molecule has 0 radical (unpaired) electrons. The van der Waals surface area contributed by atoms with Crippen LogP contribution in [0.25, 0.3) is 10.9 Å². The third kappa shape index (κ3) is 2.31. The number of benzene rings is 2. The van der Waals surface area contributed by atoms with Crippen molar-refractivity contribution in [2.45, 2.75) is 0 Å². The van der Waals surface area contributed by atoms with Crippen LogP contribution in [-0.2, 0) is 0 Å². The second-order valence-electron chi connectivity index (χ2n) is 4.39. The molecule has 0 spiro atoms. The van der Waals surface area contributed by atoms with Gasteiger partial charge in [-0.25, -0.2) is 4.79 Å². The molecule has 1 heterocycles. The number of carbonyl (C=O) groups is 1. The van der Waals surface area contributed by atoms with Gasteiger partial charge in [-0.1, -0.05) is 36.4 Å². The van der Waals surface area contributed by atoms with E-state index in [0.29, 0.717) is 0 Å². The number of aliphatic imine (C=N–C) groups is 1. The number of aromatic carboxylic acids is 1. The van der Waals surface area contributed by atoms with Gasteiger partial charge >= 0.3 is 5.97 Å². The first kappa shape index (κ1) is 12.2. The van der Waals surface area contributed by atoms with Crippen molar-refractivity contribution >= 4 is 28.8 Å². The van der Waals surface area contributed by atoms with E-state index in [9.17, 15) is 4.79 Å². The summed E-state index contributed by atoms with van der Waals surface area (Å²) in [7, 11) is 0. The van der Waals surface area contributed by atoms with Gasteiger partial charge in [0.25, 0.3) is 0 Å². The minimum atomic E-state index is -0.966. The lowest BCUT2D eigenvalue weighted by Gasteiger charge is -1.96. The normalized spacial score (nSPS) is 11.2. The van der Waals surface area contributed by atoms with Crippen molar-refractivity contribution < 1.29 is 9.90 Å². The maximum atomic E-state index is 11.0. The van der Waals surface area contributed by atoms with Crippen LogP contribution in [-0.4, -0.2) is 22.3 Å². The Bertz CT molecular complexity index is 789. The number of hydrogen-bond acceptors (Lipinski definition) is 2. The zero-order valence-corrected chi connectivity index (χ0v) is 10.6. The van der Waals surface area contributed by atoms with Gasteiger partial charge in [-0.2, -0.15) is 0 Å². The molecule has 0 aliphatic carbocycles. The molecule has 0 fully saturated rings. The average molecular weight is 264 g/mol. The minimum absolute atomic E-state index is 0.181. The van der Waals surface area contributed by atoms with Gasteiger partial charge in [0.05, 0.1) is 11.2 Å². The monoisotopic (exact) mass is 264 g/mol. The number of carboxylic acids is 1. The summed E-state index contributed by atoms with van der Waals surface area (Å²) in [6.45, 7) is 0. The number of aromatic amines is 1. The smallest absolute Gasteiger partial charge is 0.352 e. The highest BCUT2D eigenvalue weighted by Gasteiger charge is 2.08. The summed E-state index contributed by atoms with van der Waals surface area (Å²) < 4.78 is 0. The molecular weight excluding hydrogens is 252 g/mol. The van der Waals surface area contributed by atoms with Crippen molar-refractivity contribution in [3.8, 4) is 0 Å². The fraction of sp³-hybridized carbons (Fsp3) is 0. The molecule has 3 rings (SSSR count). The van der Waals surface area contributed by atoms with Crippen molar-refractivity contribution in [2.75, 3.05) is 0 Å². The molecular formula is C16H12N2O2. The van der Waals surface area contributed by atoms with Gasteiger partial charge in [0.1, 0.15) is 5.69 Å². The molecule has 0 unspecified atom stereocenters. The van der Waals surface area contributed by atoms with E-state index < -0.39 is 5.97 Å². The molecule has 0 bridgehead atoms. The molecule has 1 aromatic heterocycles. The summed E-state index contributed by atoms with van der Waals surface area (Å²) in [5.41, 5.74) is 2.68. The zero-order valence-electron chi connectivity index (χ0n) is 10.6. The first-order chi connectivity index (χ1) is 9.74. The Hall–Kier alpha value is -2.88. The molecule has 0 saturated heterocycles. The van der Waals surface area contributed by atoms with Crippen molar-refractivity contribution in [3.05, 3.63) is 65.9 Å². The van der Waals surface area contributed by atoms with Gasteiger partial charge in [-0.05, 0) is 18.2 Å². The first-order valence-electron chi connectivity index (χ1n) is 6.18. The van der Waals surface area contributed by atoms with Gasteiger partial charge in [-0.15, -0.1) is 0 Å². The van der Waals surface area contributed by atoms with E-state index in [-0.39, 0.29) is 5.69 Å². The fourth-order valence-corrected chi connectivity index (χ4v) is 2.06. The summed E-state index contributed by atoms with van der Waals surface area (Å²) >= 11 is 0. The topological polar surface area (TPSA) is 65.4 Å². The number of H-pyrrole nitrogens is 1. The van der Waals surface area contributed by atoms with Crippen LogP contribution in [0.3, 0.4) is 0 Å². The molecule has 0 atom stereocenters. The van der Waals surface area contributed by atoms with E-state index in [0.717, 1.165) is 22.2 Å². The van der Waals surface area contributed by atoms with Crippen LogP contribution < -0.4 is 0 Å². The molecule has 2 aromatic carbocycles. The predicted molar refractivity (Wildman–Crippen MR) is 79.0 cm³/mol. The minimum Gasteiger partial charge on any atom is -0.477 e. The summed E-state index contributed by atoms with van der Waals surface area (Å²) in [5.74, 6) is -0.966. The van der Waals surface area contributed by atoms with Crippen LogP contribution in [0.2, 0.25) is 0 Å². The maximum Gasteiger partial charge on any atom is 0.352 e. The summed E-state index contributed by atoms with van der Waals surface area (Å²) in [6, 6.07) is 16.9. The number of nitrogens with zero attached hydrogens (tertiary/aromatic N) is 1. The Morgan fingerprint density at radius 3 is 2.65 bits per heavy atom. The standard InChI is InChI=1S/C16H12N2O2/c19-16(20)14-9-11-5-4-6-12(15(11)18-14)10-17-13-7-2-1-3-8-13/h1-10,18H,(H,19,20). The van der Waals surface area contributed by atoms with E-state index >= 15 is 0 Å². The molecule has 20 heavy (non-hydrogen) atoms. The van der Waals surface area contributed by atoms with Crippen molar-refractivity contribution in [1.82, 2.24) is 4.98 Å². The van der Waals surface area contributed by atoms with E-state index in [1.54, 1.807) is 12.3 Å². The highest BCUT2D eigenvalue weighted by atomic mass is 16.4. The van der Waals surface area contributed by atoms with Gasteiger partial charge in [0.15, 0.2) is 0 Å². The Balaban J connectivity index is 2.03. The van der Waals surface area contributed by atoms with Crippen LogP contribution in [0.15, 0.2) is 59.6 Å². The Kier molecular flexibility index (Phi) is 3.05. The Morgan fingerprint density at radius 1 is 1.10 bits per heavy atom. The molecule has 0 aliphatic rings. The third-order valence-corrected chi connectivity index (χ3v) is 3.03. The number of carboxylic acid groups (broad SMARTS) is 1. The highest BCUT2D eigenvalue weighted by Crippen LogP contribution is 2.19. The van der Waals surface area contributed by atoms with Gasteiger partial charge in [0, 0.05) is 17.2 Å². The third-order valence-electron chi connectivity index (χ3n) is 3.03. The lowest BCUT2D eigenvalue weighted by atomic mass is 10.1. The van der Waals surface area contributed by atoms with Gasteiger partial charge < -0.3 is 10.1 Å². The van der Waals surface area contributed by atoms with Crippen molar-refractivity contribution in [1.29, 1.82) is 0 Å². The van der Waals surface area contributed by atoms with Crippen molar-refractivity contribution in [2.24, 2.45) is 4.99 Å². The molecule has 0 aliphatic heterocycles. The Morgan fingerprint density at radius 2 is 1.90 bits per heavy atom. The number of aromatic nitrogens is 1. The average Bonchev–Trinajstić information content (AvgIpc) is 2.91. The molecule has 98 valence electrons. The SMILES string of the molecule is O=C(O)c1cc2cccc(C=Nc3ccccc3)c2[nH]1. The summed E-state index contributed by atoms with van der Waals surface area (Å²) in [4.78, 5) is 18.3. The predicted octanol–water partition coefficient (Wildman–Crippen LogP) is 3.62. The quantitative estimate of drug-likeness (QED) is 0.709. The maximum absolute atomic E-state index is 11.0. The zero-order chi connectivity index (χ0) is 13.9. The number of hydrogen-bond donors (Lipinski definition) is 2. The van der Waals surface area contributed by atoms with E-state index in [1.165, 1.54) is 0 Å². The molecule has 4 heteroatoms. The summed E-state index contributed by atoms with van der Waals surface area (Å²) in [6.07, 6.45) is 1.74. The van der Waals surface area contributed by atoms with E-state index in [4.69, 9.17) is 5.11 Å². The number of rotatable bonds is 3. The van der Waals surface area contributed by atoms with Crippen LogP contribution >= 0.6 is 0 Å². The molecule has 4 nitrogen and oxygen atoms in total. The summed E-state index contributed by atoms with van der Waals surface area (Å²) in [5, 5.41) is 9.88. The first-order valence-corrected chi connectivity index (χ1v) is 6.18. The molecule has 3 aromatic rings. The lowest BCUT2D eigenvalue weighted by molar-refractivity contribution is 0.0691. The highest BCUT2D eigenvalue weighted by molar-refractivity contribution is 6.02. The van der Waals surface area contributed by atoms with Crippen LogP contribution in [0.1, 0.15) is 16.1 Å². The van der Waals surface area contributed by atoms with Crippen LogP contribution in [0, 0.1) is 0 Å². The largest absolute Gasteiger partial charge is 0.477 e. The van der Waals surface area contributed by atoms with E-state index in [1.807, 2.05) is 48.5 Å². The number of fused-ring (bicyclic) bond motifs is 1.